The first kappa shape index (κ1) is 17.9. The smallest absolute Gasteiger partial charge is 0.257 e. The van der Waals surface area contributed by atoms with Crippen molar-refractivity contribution in [3.8, 4) is 5.75 Å². The molecule has 0 spiro atoms. The molecular weight excluding hydrogens is 383 g/mol. The normalized spacial score (nSPS) is 11.2. The molecule has 0 saturated heterocycles. The number of nitrogens with zero attached hydrogens (tertiary/aromatic N) is 1. The summed E-state index contributed by atoms with van der Waals surface area (Å²) < 4.78 is 21.1. The summed E-state index contributed by atoms with van der Waals surface area (Å²) in [6, 6.07) is 10.3. The van der Waals surface area contributed by atoms with Crippen molar-refractivity contribution in [1.29, 1.82) is 0 Å². The van der Waals surface area contributed by atoms with Crippen LogP contribution in [0.4, 0.5) is 4.39 Å². The van der Waals surface area contributed by atoms with Gasteiger partial charge in [0.15, 0.2) is 6.61 Å². The summed E-state index contributed by atoms with van der Waals surface area (Å²) in [5, 5.41) is 6.80. The first-order valence-electron chi connectivity index (χ1n) is 8.51. The minimum atomic E-state index is -0.268. The molecule has 1 amide bonds. The number of thiazole rings is 1. The van der Waals surface area contributed by atoms with Crippen molar-refractivity contribution < 1.29 is 13.9 Å². The summed E-state index contributed by atoms with van der Waals surface area (Å²) in [5.41, 5.74) is 1.84. The molecule has 0 radical (unpaired) electrons. The highest BCUT2D eigenvalue weighted by molar-refractivity contribution is 7.21. The lowest BCUT2D eigenvalue weighted by molar-refractivity contribution is -0.123. The van der Waals surface area contributed by atoms with Crippen molar-refractivity contribution in [3.05, 3.63) is 58.2 Å². The lowest BCUT2D eigenvalue weighted by Gasteiger charge is -2.09. The Labute approximate surface area is 163 Å². The van der Waals surface area contributed by atoms with E-state index in [1.54, 1.807) is 28.7 Å². The summed E-state index contributed by atoms with van der Waals surface area (Å²) in [5.74, 6) is 0.230. The van der Waals surface area contributed by atoms with Gasteiger partial charge in [-0.05, 0) is 42.5 Å². The molecule has 0 saturated carbocycles. The maximum atomic E-state index is 13.2. The van der Waals surface area contributed by atoms with E-state index in [4.69, 9.17) is 4.74 Å². The van der Waals surface area contributed by atoms with Gasteiger partial charge in [0.2, 0.25) is 0 Å². The predicted molar refractivity (Wildman–Crippen MR) is 108 cm³/mol. The molecule has 0 bridgehead atoms. The largest absolute Gasteiger partial charge is 0.483 e. The van der Waals surface area contributed by atoms with Crippen LogP contribution in [-0.2, 0) is 11.2 Å². The van der Waals surface area contributed by atoms with E-state index in [0.717, 1.165) is 30.9 Å². The zero-order valence-corrected chi connectivity index (χ0v) is 16.3. The maximum Gasteiger partial charge on any atom is 0.257 e. The number of amides is 1. The van der Waals surface area contributed by atoms with E-state index < -0.39 is 0 Å². The molecule has 4 rings (SSSR count). The van der Waals surface area contributed by atoms with Crippen molar-refractivity contribution in [2.75, 3.05) is 13.2 Å². The maximum absolute atomic E-state index is 13.2. The van der Waals surface area contributed by atoms with Gasteiger partial charge in [0.1, 0.15) is 11.6 Å². The Morgan fingerprint density at radius 2 is 2.19 bits per heavy atom. The summed E-state index contributed by atoms with van der Waals surface area (Å²) in [4.78, 5) is 16.7. The SMILES string of the molecule is Cc1nc2c(cc(OCC(=O)NCCc3cccc(F)c3)c3ccsc32)s1. The molecule has 138 valence electrons. The van der Waals surface area contributed by atoms with Gasteiger partial charge in [-0.25, -0.2) is 9.37 Å². The number of thiophene rings is 1. The molecule has 0 aliphatic carbocycles. The molecule has 1 N–H and O–H groups in total. The molecule has 4 aromatic rings. The zero-order valence-electron chi connectivity index (χ0n) is 14.6. The number of benzene rings is 2. The second-order valence-electron chi connectivity index (χ2n) is 6.14. The first-order chi connectivity index (χ1) is 13.1. The summed E-state index contributed by atoms with van der Waals surface area (Å²) >= 11 is 3.24. The van der Waals surface area contributed by atoms with Gasteiger partial charge in [0, 0.05) is 18.0 Å². The van der Waals surface area contributed by atoms with Gasteiger partial charge in [-0.15, -0.1) is 22.7 Å². The number of carbonyl (C=O) groups is 1. The van der Waals surface area contributed by atoms with Crippen LogP contribution in [0.5, 0.6) is 5.75 Å². The fourth-order valence-corrected chi connectivity index (χ4v) is 4.77. The van der Waals surface area contributed by atoms with Crippen LogP contribution in [0, 0.1) is 12.7 Å². The summed E-state index contributed by atoms with van der Waals surface area (Å²) in [7, 11) is 0. The van der Waals surface area contributed by atoms with Crippen LogP contribution in [-0.4, -0.2) is 24.0 Å². The van der Waals surface area contributed by atoms with Crippen molar-refractivity contribution >= 4 is 48.9 Å². The third kappa shape index (κ3) is 3.94. The average molecular weight is 401 g/mol. The van der Waals surface area contributed by atoms with Crippen LogP contribution < -0.4 is 10.1 Å². The first-order valence-corrected chi connectivity index (χ1v) is 10.2. The van der Waals surface area contributed by atoms with Gasteiger partial charge in [-0.1, -0.05) is 12.1 Å². The van der Waals surface area contributed by atoms with E-state index in [-0.39, 0.29) is 18.3 Å². The minimum absolute atomic E-state index is 0.0581. The van der Waals surface area contributed by atoms with E-state index in [9.17, 15) is 9.18 Å². The molecule has 0 fully saturated rings. The number of nitrogens with one attached hydrogen (secondary N) is 1. The second kappa shape index (κ2) is 7.62. The average Bonchev–Trinajstić information content (AvgIpc) is 3.25. The Morgan fingerprint density at radius 1 is 1.30 bits per heavy atom. The topological polar surface area (TPSA) is 51.2 Å². The molecule has 4 nitrogen and oxygen atoms in total. The Morgan fingerprint density at radius 3 is 3.04 bits per heavy atom. The Hall–Kier alpha value is -2.51. The van der Waals surface area contributed by atoms with Gasteiger partial charge in [0.25, 0.3) is 5.91 Å². The second-order valence-corrected chi connectivity index (χ2v) is 8.29. The summed E-state index contributed by atoms with van der Waals surface area (Å²) in [6.45, 7) is 2.36. The number of aromatic nitrogens is 1. The van der Waals surface area contributed by atoms with Gasteiger partial charge in [0.05, 0.1) is 19.9 Å². The molecule has 0 aliphatic rings. The molecular formula is C20H17FN2O2S2. The Balaban J connectivity index is 1.39. The number of hydrogen-bond donors (Lipinski definition) is 1. The lowest BCUT2D eigenvalue weighted by Crippen LogP contribution is -2.30. The Kier molecular flexibility index (Phi) is 5.05. The van der Waals surface area contributed by atoms with Crippen LogP contribution in [0.15, 0.2) is 41.8 Å². The van der Waals surface area contributed by atoms with Crippen LogP contribution >= 0.6 is 22.7 Å². The van der Waals surface area contributed by atoms with Crippen molar-refractivity contribution in [2.45, 2.75) is 13.3 Å². The number of carbonyl (C=O) groups excluding carboxylic acids is 1. The fraction of sp³-hybridized carbons (Fsp3) is 0.200. The van der Waals surface area contributed by atoms with E-state index in [0.29, 0.717) is 18.7 Å². The Bertz CT molecular complexity index is 1120. The van der Waals surface area contributed by atoms with E-state index in [1.807, 2.05) is 30.5 Å². The molecule has 7 heteroatoms. The summed E-state index contributed by atoms with van der Waals surface area (Å²) in [6.07, 6.45) is 0.574. The van der Waals surface area contributed by atoms with Crippen molar-refractivity contribution in [2.24, 2.45) is 0 Å². The molecule has 0 unspecified atom stereocenters. The van der Waals surface area contributed by atoms with E-state index in [2.05, 4.69) is 10.3 Å². The number of aryl methyl sites for hydroxylation is 1. The standard InChI is InChI=1S/C20H17FN2O2S2/c1-12-23-19-17(27-12)10-16(15-6-8-26-20(15)19)25-11-18(24)22-7-5-13-3-2-4-14(21)9-13/h2-4,6,8-10H,5,7,11H2,1H3,(H,22,24). The van der Waals surface area contributed by atoms with E-state index >= 15 is 0 Å². The van der Waals surface area contributed by atoms with E-state index in [1.165, 1.54) is 12.1 Å². The third-order valence-corrected chi connectivity index (χ3v) is 5.99. The molecule has 0 atom stereocenters. The molecule has 0 aliphatic heterocycles. The van der Waals surface area contributed by atoms with Crippen molar-refractivity contribution in [1.82, 2.24) is 10.3 Å². The van der Waals surface area contributed by atoms with Crippen molar-refractivity contribution in [3.63, 3.8) is 0 Å². The fourth-order valence-electron chi connectivity index (χ4n) is 2.94. The van der Waals surface area contributed by atoms with Crippen LogP contribution in [0.25, 0.3) is 20.3 Å². The number of halogens is 1. The molecule has 2 aromatic heterocycles. The minimum Gasteiger partial charge on any atom is -0.483 e. The van der Waals surface area contributed by atoms with Crippen LogP contribution in [0.1, 0.15) is 10.6 Å². The molecule has 2 heterocycles. The van der Waals surface area contributed by atoms with Crippen LogP contribution in [0.3, 0.4) is 0 Å². The van der Waals surface area contributed by atoms with Gasteiger partial charge in [-0.2, -0.15) is 0 Å². The number of ether oxygens (including phenoxy) is 1. The predicted octanol–water partition coefficient (Wildman–Crippen LogP) is 4.70. The number of rotatable bonds is 6. The number of fused-ring (bicyclic) bond motifs is 3. The van der Waals surface area contributed by atoms with Crippen LogP contribution in [0.2, 0.25) is 0 Å². The third-order valence-electron chi connectivity index (χ3n) is 4.15. The van der Waals surface area contributed by atoms with Gasteiger partial charge >= 0.3 is 0 Å². The highest BCUT2D eigenvalue weighted by Gasteiger charge is 2.13. The highest BCUT2D eigenvalue weighted by atomic mass is 32.1. The molecule has 27 heavy (non-hydrogen) atoms. The highest BCUT2D eigenvalue weighted by Crippen LogP contribution is 2.38. The van der Waals surface area contributed by atoms with Gasteiger partial charge < -0.3 is 10.1 Å². The monoisotopic (exact) mass is 400 g/mol. The molecule has 2 aromatic carbocycles. The lowest BCUT2D eigenvalue weighted by atomic mass is 10.1. The quantitative estimate of drug-likeness (QED) is 0.511. The zero-order chi connectivity index (χ0) is 18.8. The number of hydrogen-bond acceptors (Lipinski definition) is 5. The van der Waals surface area contributed by atoms with Gasteiger partial charge in [-0.3, -0.25) is 4.79 Å².